The molecule has 0 unspecified atom stereocenters. The third-order valence-corrected chi connectivity index (χ3v) is 5.73. The molecular formula is C25H29N3O2. The van der Waals surface area contributed by atoms with E-state index in [4.69, 9.17) is 4.74 Å². The van der Waals surface area contributed by atoms with Crippen molar-refractivity contribution >= 4 is 0 Å². The van der Waals surface area contributed by atoms with E-state index in [0.717, 1.165) is 24.2 Å². The normalized spacial score (nSPS) is 14.2. The molecule has 5 heteroatoms. The summed E-state index contributed by atoms with van der Waals surface area (Å²) in [5.41, 5.74) is 4.53. The highest BCUT2D eigenvalue weighted by Crippen LogP contribution is 2.14. The summed E-state index contributed by atoms with van der Waals surface area (Å²) in [4.78, 5) is 19.3. The Labute approximate surface area is 178 Å². The van der Waals surface area contributed by atoms with E-state index in [1.165, 1.54) is 37.1 Å². The number of hydrogen-bond acceptors (Lipinski definition) is 4. The van der Waals surface area contributed by atoms with E-state index in [-0.39, 0.29) is 5.56 Å². The van der Waals surface area contributed by atoms with E-state index < -0.39 is 0 Å². The quantitative estimate of drug-likeness (QED) is 0.571. The van der Waals surface area contributed by atoms with Crippen LogP contribution in [0.4, 0.5) is 0 Å². The van der Waals surface area contributed by atoms with Crippen LogP contribution >= 0.6 is 0 Å². The zero-order valence-electron chi connectivity index (χ0n) is 17.6. The average molecular weight is 404 g/mol. The Morgan fingerprint density at radius 3 is 2.53 bits per heavy atom. The molecule has 156 valence electrons. The minimum absolute atomic E-state index is 0.0455. The first-order valence-corrected chi connectivity index (χ1v) is 10.7. The summed E-state index contributed by atoms with van der Waals surface area (Å²) in [6, 6.07) is 16.1. The van der Waals surface area contributed by atoms with Gasteiger partial charge in [-0.2, -0.15) is 0 Å². The SMILES string of the molecule is Cc1cccnc1COc1ccn(CCc2ccc(CN3CCCC3)cc2)c(=O)c1. The Balaban J connectivity index is 1.30. The smallest absolute Gasteiger partial charge is 0.254 e. The van der Waals surface area contributed by atoms with Gasteiger partial charge in [0.1, 0.15) is 12.4 Å². The molecule has 4 rings (SSSR count). The monoisotopic (exact) mass is 403 g/mol. The topological polar surface area (TPSA) is 47.4 Å². The van der Waals surface area contributed by atoms with Gasteiger partial charge in [0.2, 0.25) is 0 Å². The number of aromatic nitrogens is 2. The number of benzene rings is 1. The first-order chi connectivity index (χ1) is 14.7. The average Bonchev–Trinajstić information content (AvgIpc) is 3.27. The van der Waals surface area contributed by atoms with Gasteiger partial charge >= 0.3 is 0 Å². The summed E-state index contributed by atoms with van der Waals surface area (Å²) in [7, 11) is 0. The number of hydrogen-bond donors (Lipinski definition) is 0. The number of rotatable bonds is 8. The highest BCUT2D eigenvalue weighted by Gasteiger charge is 2.11. The highest BCUT2D eigenvalue weighted by atomic mass is 16.5. The van der Waals surface area contributed by atoms with Crippen LogP contribution in [-0.4, -0.2) is 27.5 Å². The van der Waals surface area contributed by atoms with Crippen molar-refractivity contribution in [3.63, 3.8) is 0 Å². The van der Waals surface area contributed by atoms with Crippen molar-refractivity contribution < 1.29 is 4.74 Å². The van der Waals surface area contributed by atoms with Crippen LogP contribution < -0.4 is 10.3 Å². The molecule has 0 atom stereocenters. The molecule has 5 nitrogen and oxygen atoms in total. The third kappa shape index (κ3) is 5.36. The van der Waals surface area contributed by atoms with Crippen molar-refractivity contribution in [1.82, 2.24) is 14.5 Å². The molecular weight excluding hydrogens is 374 g/mol. The van der Waals surface area contributed by atoms with Gasteiger partial charge < -0.3 is 9.30 Å². The van der Waals surface area contributed by atoms with Gasteiger partial charge in [-0.3, -0.25) is 14.7 Å². The molecule has 3 aromatic rings. The van der Waals surface area contributed by atoms with E-state index in [0.29, 0.717) is 18.9 Å². The number of pyridine rings is 2. The van der Waals surface area contributed by atoms with Crippen LogP contribution in [0.1, 0.15) is 35.2 Å². The molecule has 1 saturated heterocycles. The van der Waals surface area contributed by atoms with Crippen molar-refractivity contribution in [1.29, 1.82) is 0 Å². The lowest BCUT2D eigenvalue weighted by Gasteiger charge is -2.14. The zero-order valence-corrected chi connectivity index (χ0v) is 17.6. The molecule has 0 saturated carbocycles. The van der Waals surface area contributed by atoms with E-state index in [2.05, 4.69) is 34.1 Å². The van der Waals surface area contributed by atoms with Crippen molar-refractivity contribution in [2.24, 2.45) is 0 Å². The zero-order chi connectivity index (χ0) is 20.8. The summed E-state index contributed by atoms with van der Waals surface area (Å²) < 4.78 is 7.49. The number of nitrogens with zero attached hydrogens (tertiary/aromatic N) is 3. The molecule has 3 heterocycles. The maximum absolute atomic E-state index is 12.4. The second-order valence-corrected chi connectivity index (χ2v) is 8.00. The van der Waals surface area contributed by atoms with E-state index >= 15 is 0 Å². The predicted octanol–water partition coefficient (Wildman–Crippen LogP) is 3.97. The number of ether oxygens (including phenoxy) is 1. The fourth-order valence-corrected chi connectivity index (χ4v) is 3.85. The van der Waals surface area contributed by atoms with Gasteiger partial charge in [0.05, 0.1) is 5.69 Å². The minimum Gasteiger partial charge on any atom is -0.487 e. The highest BCUT2D eigenvalue weighted by molar-refractivity contribution is 5.24. The van der Waals surface area contributed by atoms with Crippen molar-refractivity contribution in [2.75, 3.05) is 13.1 Å². The molecule has 1 aromatic carbocycles. The maximum Gasteiger partial charge on any atom is 0.254 e. The van der Waals surface area contributed by atoms with Crippen molar-refractivity contribution in [3.05, 3.63) is 93.7 Å². The molecule has 1 aliphatic heterocycles. The van der Waals surface area contributed by atoms with Gasteiger partial charge in [-0.25, -0.2) is 0 Å². The minimum atomic E-state index is -0.0455. The summed E-state index contributed by atoms with van der Waals surface area (Å²) in [6.07, 6.45) is 7.03. The Morgan fingerprint density at radius 1 is 1.03 bits per heavy atom. The van der Waals surface area contributed by atoms with E-state index in [1.54, 1.807) is 16.8 Å². The fraction of sp³-hybridized carbons (Fsp3) is 0.360. The fourth-order valence-electron chi connectivity index (χ4n) is 3.85. The molecule has 1 fully saturated rings. The molecule has 0 spiro atoms. The van der Waals surface area contributed by atoms with E-state index in [9.17, 15) is 4.79 Å². The molecule has 30 heavy (non-hydrogen) atoms. The molecule has 1 aliphatic rings. The van der Waals surface area contributed by atoms with Gasteiger partial charge in [-0.05, 0) is 68.1 Å². The second-order valence-electron chi connectivity index (χ2n) is 8.00. The summed E-state index contributed by atoms with van der Waals surface area (Å²) in [6.45, 7) is 6.49. The predicted molar refractivity (Wildman–Crippen MR) is 119 cm³/mol. The number of aryl methyl sites for hydroxylation is 3. The summed E-state index contributed by atoms with van der Waals surface area (Å²) >= 11 is 0. The standard InChI is InChI=1S/C25H29N3O2/c1-20-5-4-12-26-24(20)19-30-23-11-16-28(25(29)17-23)15-10-21-6-8-22(9-7-21)18-27-13-2-3-14-27/h4-9,11-12,16-17H,2-3,10,13-15,18-19H2,1H3. The van der Waals surface area contributed by atoms with Gasteiger partial charge in [-0.1, -0.05) is 30.3 Å². The Morgan fingerprint density at radius 2 is 1.80 bits per heavy atom. The van der Waals surface area contributed by atoms with Gasteiger partial charge in [0, 0.05) is 31.5 Å². The molecule has 0 N–H and O–H groups in total. The lowest BCUT2D eigenvalue weighted by atomic mass is 10.1. The first kappa shape index (κ1) is 20.4. The molecule has 0 aliphatic carbocycles. The van der Waals surface area contributed by atoms with Crippen LogP contribution in [0.15, 0.2) is 65.7 Å². The van der Waals surface area contributed by atoms with Crippen LogP contribution in [0.5, 0.6) is 5.75 Å². The molecule has 0 radical (unpaired) electrons. The molecule has 2 aromatic heterocycles. The summed E-state index contributed by atoms with van der Waals surface area (Å²) in [5, 5.41) is 0. The van der Waals surface area contributed by atoms with Gasteiger partial charge in [-0.15, -0.1) is 0 Å². The maximum atomic E-state index is 12.4. The van der Waals surface area contributed by atoms with Crippen molar-refractivity contribution in [2.45, 2.75) is 45.9 Å². The number of likely N-dealkylation sites (tertiary alicyclic amines) is 1. The van der Waals surface area contributed by atoms with Crippen LogP contribution in [0, 0.1) is 6.92 Å². The second kappa shape index (κ2) is 9.72. The van der Waals surface area contributed by atoms with Crippen LogP contribution in [0.2, 0.25) is 0 Å². The molecule has 0 bridgehead atoms. The Bertz CT molecular complexity index is 1020. The van der Waals surface area contributed by atoms with Gasteiger partial charge in [0.15, 0.2) is 0 Å². The van der Waals surface area contributed by atoms with Crippen LogP contribution in [0.3, 0.4) is 0 Å². The van der Waals surface area contributed by atoms with Crippen molar-refractivity contribution in [3.8, 4) is 5.75 Å². The lowest BCUT2D eigenvalue weighted by molar-refractivity contribution is 0.299. The van der Waals surface area contributed by atoms with E-state index in [1.807, 2.05) is 31.3 Å². The third-order valence-electron chi connectivity index (χ3n) is 5.73. The van der Waals surface area contributed by atoms with Crippen LogP contribution in [0.25, 0.3) is 0 Å². The first-order valence-electron chi connectivity index (χ1n) is 10.7. The van der Waals surface area contributed by atoms with Gasteiger partial charge in [0.25, 0.3) is 5.56 Å². The summed E-state index contributed by atoms with van der Waals surface area (Å²) in [5.74, 6) is 0.576. The lowest BCUT2D eigenvalue weighted by Crippen LogP contribution is -2.20. The van der Waals surface area contributed by atoms with Crippen LogP contribution in [-0.2, 0) is 26.1 Å². The Kier molecular flexibility index (Phi) is 6.60. The molecule has 0 amide bonds. The Hall–Kier alpha value is -2.92. The largest absolute Gasteiger partial charge is 0.487 e.